The van der Waals surface area contributed by atoms with E-state index in [2.05, 4.69) is 0 Å². The Morgan fingerprint density at radius 1 is 1.44 bits per heavy atom. The zero-order valence-electron chi connectivity index (χ0n) is 10.5. The molecule has 0 bridgehead atoms. The van der Waals surface area contributed by atoms with E-state index in [1.54, 1.807) is 0 Å². The summed E-state index contributed by atoms with van der Waals surface area (Å²) < 4.78 is 1.96. The van der Waals surface area contributed by atoms with Gasteiger partial charge in [0, 0.05) is 19.5 Å². The van der Waals surface area contributed by atoms with Crippen molar-refractivity contribution < 1.29 is 14.4 Å². The van der Waals surface area contributed by atoms with E-state index in [0.29, 0.717) is 6.54 Å². The molecule has 6 heteroatoms. The Labute approximate surface area is 111 Å². The van der Waals surface area contributed by atoms with Crippen molar-refractivity contribution in [2.75, 3.05) is 13.1 Å². The summed E-state index contributed by atoms with van der Waals surface area (Å²) in [4.78, 5) is 36.0. The Balaban J connectivity index is 1.96. The van der Waals surface area contributed by atoms with Gasteiger partial charge in [-0.25, -0.2) is 4.31 Å². The first-order chi connectivity index (χ1) is 8.67. The van der Waals surface area contributed by atoms with Gasteiger partial charge < -0.3 is 4.79 Å². The maximum absolute atomic E-state index is 12.1. The molecule has 2 heterocycles. The summed E-state index contributed by atoms with van der Waals surface area (Å²) in [6.45, 7) is 3.27. The molecule has 18 heavy (non-hydrogen) atoms. The Morgan fingerprint density at radius 3 is 2.89 bits per heavy atom. The van der Waals surface area contributed by atoms with Crippen molar-refractivity contribution in [1.82, 2.24) is 9.21 Å². The number of carbonyl (C=O) groups is 3. The molecule has 2 aliphatic heterocycles. The van der Waals surface area contributed by atoms with Crippen molar-refractivity contribution in [2.45, 2.75) is 43.9 Å². The number of rotatable bonds is 5. The van der Waals surface area contributed by atoms with Crippen molar-refractivity contribution in [2.24, 2.45) is 0 Å². The molecule has 2 atom stereocenters. The summed E-state index contributed by atoms with van der Waals surface area (Å²) in [5, 5.41) is -0.329. The highest BCUT2D eigenvalue weighted by atomic mass is 32.2. The molecule has 5 nitrogen and oxygen atoms in total. The fraction of sp³-hybridized carbons (Fsp3) is 0.750. The molecule has 0 aliphatic carbocycles. The van der Waals surface area contributed by atoms with E-state index < -0.39 is 0 Å². The molecular weight excluding hydrogens is 252 g/mol. The third-order valence-electron chi connectivity index (χ3n) is 3.32. The maximum atomic E-state index is 12.1. The van der Waals surface area contributed by atoms with Crippen LogP contribution in [0, 0.1) is 0 Å². The van der Waals surface area contributed by atoms with Crippen LogP contribution in [0.15, 0.2) is 0 Å². The number of hydrogen-bond acceptors (Lipinski definition) is 5. The Bertz CT molecular complexity index is 361. The van der Waals surface area contributed by atoms with Gasteiger partial charge in [0.1, 0.15) is 11.5 Å². The third-order valence-corrected chi connectivity index (χ3v) is 4.66. The quantitative estimate of drug-likeness (QED) is 0.421. The standard InChI is InChI=1S/C12H18N2O3S/c1-2-5-13-11(16)7-10(12(13)17)18-14-6-3-4-9(14)8-15/h8-10H,2-7H2,1H3/t9-,10?/m0/s1. The Kier molecular flexibility index (Phi) is 4.40. The zero-order chi connectivity index (χ0) is 13.1. The first kappa shape index (κ1) is 13.5. The van der Waals surface area contributed by atoms with Crippen molar-refractivity contribution >= 4 is 30.0 Å². The van der Waals surface area contributed by atoms with Gasteiger partial charge in [-0.3, -0.25) is 14.5 Å². The van der Waals surface area contributed by atoms with Crippen LogP contribution in [0.4, 0.5) is 0 Å². The molecule has 0 aromatic heterocycles. The summed E-state index contributed by atoms with van der Waals surface area (Å²) in [7, 11) is 0. The second-order valence-corrected chi connectivity index (χ2v) is 5.92. The first-order valence-electron chi connectivity index (χ1n) is 6.40. The third kappa shape index (κ3) is 2.59. The summed E-state index contributed by atoms with van der Waals surface area (Å²) in [6.07, 6.45) is 3.82. The van der Waals surface area contributed by atoms with Gasteiger partial charge in [-0.2, -0.15) is 0 Å². The van der Waals surface area contributed by atoms with Gasteiger partial charge in [0.2, 0.25) is 11.8 Å². The summed E-state index contributed by atoms with van der Waals surface area (Å²) in [6, 6.07) is -0.0990. The van der Waals surface area contributed by atoms with Crippen LogP contribution in [-0.4, -0.2) is 51.7 Å². The molecule has 2 amide bonds. The van der Waals surface area contributed by atoms with Gasteiger partial charge in [0.15, 0.2) is 0 Å². The fourth-order valence-electron chi connectivity index (χ4n) is 2.39. The maximum Gasteiger partial charge on any atom is 0.244 e. The average molecular weight is 270 g/mol. The predicted molar refractivity (Wildman–Crippen MR) is 68.8 cm³/mol. The fourth-order valence-corrected chi connectivity index (χ4v) is 3.70. The molecule has 0 saturated carbocycles. The second kappa shape index (κ2) is 5.84. The Morgan fingerprint density at radius 2 is 2.22 bits per heavy atom. The largest absolute Gasteiger partial charge is 0.302 e. The van der Waals surface area contributed by atoms with Gasteiger partial charge in [0.25, 0.3) is 0 Å². The molecule has 100 valence electrons. The van der Waals surface area contributed by atoms with Crippen molar-refractivity contribution in [3.8, 4) is 0 Å². The number of likely N-dealkylation sites (tertiary alicyclic amines) is 1. The molecule has 2 fully saturated rings. The van der Waals surface area contributed by atoms with Gasteiger partial charge >= 0.3 is 0 Å². The highest BCUT2D eigenvalue weighted by Crippen LogP contribution is 2.32. The highest BCUT2D eigenvalue weighted by molar-refractivity contribution is 7.98. The van der Waals surface area contributed by atoms with Crippen LogP contribution in [0.2, 0.25) is 0 Å². The topological polar surface area (TPSA) is 57.7 Å². The van der Waals surface area contributed by atoms with E-state index in [0.717, 1.165) is 32.1 Å². The molecule has 0 radical (unpaired) electrons. The average Bonchev–Trinajstić information content (AvgIpc) is 2.90. The highest BCUT2D eigenvalue weighted by Gasteiger charge is 2.41. The lowest BCUT2D eigenvalue weighted by Crippen LogP contribution is -2.34. The van der Waals surface area contributed by atoms with E-state index in [1.165, 1.54) is 16.8 Å². The Hall–Kier alpha value is -0.880. The molecule has 1 unspecified atom stereocenters. The molecule has 0 aromatic carbocycles. The number of aldehydes is 1. The van der Waals surface area contributed by atoms with Crippen LogP contribution in [0.5, 0.6) is 0 Å². The van der Waals surface area contributed by atoms with Crippen molar-refractivity contribution in [1.29, 1.82) is 0 Å². The van der Waals surface area contributed by atoms with E-state index in [9.17, 15) is 14.4 Å². The summed E-state index contributed by atoms with van der Waals surface area (Å²) in [5.41, 5.74) is 0. The molecule has 2 rings (SSSR count). The first-order valence-corrected chi connectivity index (χ1v) is 7.24. The molecule has 0 N–H and O–H groups in total. The van der Waals surface area contributed by atoms with Gasteiger partial charge in [-0.05, 0) is 19.3 Å². The van der Waals surface area contributed by atoms with Crippen LogP contribution in [0.1, 0.15) is 32.6 Å². The second-order valence-electron chi connectivity index (χ2n) is 4.67. The number of amides is 2. The normalized spacial score (nSPS) is 29.3. The van der Waals surface area contributed by atoms with Gasteiger partial charge in [-0.15, -0.1) is 0 Å². The van der Waals surface area contributed by atoms with Crippen LogP contribution in [0.3, 0.4) is 0 Å². The SMILES string of the molecule is CCCN1C(=O)CC(SN2CCC[C@H]2C=O)C1=O. The number of hydrogen-bond donors (Lipinski definition) is 0. The predicted octanol–water partition coefficient (Wildman–Crippen LogP) is 0.835. The lowest BCUT2D eigenvalue weighted by Gasteiger charge is -2.21. The number of carbonyl (C=O) groups excluding carboxylic acids is 3. The van der Waals surface area contributed by atoms with Crippen LogP contribution in [0.25, 0.3) is 0 Å². The van der Waals surface area contributed by atoms with E-state index in [1.807, 2.05) is 11.2 Å². The number of imide groups is 1. The van der Waals surface area contributed by atoms with E-state index in [4.69, 9.17) is 0 Å². The molecular formula is C12H18N2O3S. The van der Waals surface area contributed by atoms with Crippen LogP contribution in [-0.2, 0) is 14.4 Å². The van der Waals surface area contributed by atoms with Crippen molar-refractivity contribution in [3.63, 3.8) is 0 Å². The molecule has 2 aliphatic rings. The van der Waals surface area contributed by atoms with Gasteiger partial charge in [-0.1, -0.05) is 18.9 Å². The monoisotopic (exact) mass is 270 g/mol. The zero-order valence-corrected chi connectivity index (χ0v) is 11.3. The number of nitrogens with zero attached hydrogens (tertiary/aromatic N) is 2. The minimum absolute atomic E-state index is 0.0822. The molecule has 0 aromatic rings. The summed E-state index contributed by atoms with van der Waals surface area (Å²) in [5.74, 6) is -0.176. The van der Waals surface area contributed by atoms with Gasteiger partial charge in [0.05, 0.1) is 6.04 Å². The smallest absolute Gasteiger partial charge is 0.244 e. The summed E-state index contributed by atoms with van der Waals surface area (Å²) >= 11 is 1.38. The minimum atomic E-state index is -0.329. The minimum Gasteiger partial charge on any atom is -0.302 e. The molecule has 0 spiro atoms. The van der Waals surface area contributed by atoms with Crippen LogP contribution >= 0.6 is 11.9 Å². The van der Waals surface area contributed by atoms with Crippen LogP contribution < -0.4 is 0 Å². The lowest BCUT2D eigenvalue weighted by atomic mass is 10.2. The van der Waals surface area contributed by atoms with E-state index in [-0.39, 0.29) is 29.5 Å². The molecule has 2 saturated heterocycles. The lowest BCUT2D eigenvalue weighted by molar-refractivity contribution is -0.138. The van der Waals surface area contributed by atoms with E-state index >= 15 is 0 Å². The van der Waals surface area contributed by atoms with Crippen molar-refractivity contribution in [3.05, 3.63) is 0 Å².